The van der Waals surface area contributed by atoms with Crippen LogP contribution in [0.3, 0.4) is 0 Å². The summed E-state index contributed by atoms with van der Waals surface area (Å²) >= 11 is 0. The molecule has 2 aromatic rings. The highest BCUT2D eigenvalue weighted by atomic mass is 16.6. The number of fused-ring (bicyclic) bond motifs is 1. The fraction of sp³-hybridized carbons (Fsp3) is 0.333. The maximum atomic E-state index is 5.70. The van der Waals surface area contributed by atoms with E-state index in [1.165, 1.54) is 16.7 Å². The van der Waals surface area contributed by atoms with Gasteiger partial charge >= 0.3 is 0 Å². The molecule has 0 saturated carbocycles. The highest BCUT2D eigenvalue weighted by molar-refractivity contribution is 5.46. The lowest BCUT2D eigenvalue weighted by Gasteiger charge is -2.23. The van der Waals surface area contributed by atoms with Gasteiger partial charge in [0.05, 0.1) is 6.04 Å². The number of ether oxygens (including phenoxy) is 2. The number of nitrogens with one attached hydrogen (secondary N) is 1. The minimum atomic E-state index is 0.172. The molecule has 2 aromatic carbocycles. The zero-order valence-corrected chi connectivity index (χ0v) is 12.6. The summed E-state index contributed by atoms with van der Waals surface area (Å²) in [5.74, 6) is 1.68. The van der Waals surface area contributed by atoms with Gasteiger partial charge in [-0.05, 0) is 36.7 Å². The quantitative estimate of drug-likeness (QED) is 0.932. The Morgan fingerprint density at radius 1 is 1.00 bits per heavy atom. The maximum Gasteiger partial charge on any atom is 0.161 e. The zero-order valence-electron chi connectivity index (χ0n) is 12.6. The molecule has 1 atom stereocenters. The van der Waals surface area contributed by atoms with E-state index in [2.05, 4.69) is 55.6 Å². The predicted molar refractivity (Wildman–Crippen MR) is 84.1 cm³/mol. The van der Waals surface area contributed by atoms with Gasteiger partial charge in [-0.3, -0.25) is 0 Å². The molecule has 3 rings (SSSR count). The van der Waals surface area contributed by atoms with E-state index in [1.807, 2.05) is 6.07 Å². The van der Waals surface area contributed by atoms with Gasteiger partial charge in [0.2, 0.25) is 0 Å². The van der Waals surface area contributed by atoms with E-state index < -0.39 is 0 Å². The van der Waals surface area contributed by atoms with Crippen molar-refractivity contribution in [2.45, 2.75) is 19.9 Å². The molecule has 3 heteroatoms. The average Bonchev–Trinajstić information content (AvgIpc) is 2.52. The molecule has 0 aliphatic carbocycles. The fourth-order valence-corrected chi connectivity index (χ4v) is 2.72. The molecule has 21 heavy (non-hydrogen) atoms. The van der Waals surface area contributed by atoms with Crippen molar-refractivity contribution < 1.29 is 9.47 Å². The molecule has 0 spiro atoms. The van der Waals surface area contributed by atoms with Gasteiger partial charge in [0.1, 0.15) is 13.2 Å². The van der Waals surface area contributed by atoms with Crippen LogP contribution in [0.5, 0.6) is 11.5 Å². The Labute approximate surface area is 125 Å². The van der Waals surface area contributed by atoms with Gasteiger partial charge in [-0.1, -0.05) is 42.8 Å². The van der Waals surface area contributed by atoms with E-state index in [4.69, 9.17) is 9.47 Å². The summed E-state index contributed by atoms with van der Waals surface area (Å²) in [7, 11) is 0. The fourth-order valence-electron chi connectivity index (χ4n) is 2.72. The lowest BCUT2D eigenvalue weighted by atomic mass is 9.97. The van der Waals surface area contributed by atoms with Crippen molar-refractivity contribution in [3.63, 3.8) is 0 Å². The van der Waals surface area contributed by atoms with Crippen molar-refractivity contribution in [1.82, 2.24) is 5.32 Å². The van der Waals surface area contributed by atoms with E-state index in [9.17, 15) is 0 Å². The number of aryl methyl sites for hydroxylation is 1. The van der Waals surface area contributed by atoms with Crippen LogP contribution in [0.1, 0.15) is 29.7 Å². The molecular weight excluding hydrogens is 262 g/mol. The van der Waals surface area contributed by atoms with Crippen molar-refractivity contribution in [2.75, 3.05) is 19.8 Å². The highest BCUT2D eigenvalue weighted by Crippen LogP contribution is 2.34. The molecular formula is C18H21NO2. The Bertz CT molecular complexity index is 624. The summed E-state index contributed by atoms with van der Waals surface area (Å²) in [5.41, 5.74) is 3.74. The van der Waals surface area contributed by atoms with Crippen LogP contribution < -0.4 is 14.8 Å². The van der Waals surface area contributed by atoms with Gasteiger partial charge in [-0.25, -0.2) is 0 Å². The third kappa shape index (κ3) is 3.03. The third-order valence-electron chi connectivity index (χ3n) is 3.68. The number of benzene rings is 2. The van der Waals surface area contributed by atoms with Crippen LogP contribution in [0.2, 0.25) is 0 Å². The van der Waals surface area contributed by atoms with E-state index in [0.717, 1.165) is 18.0 Å². The highest BCUT2D eigenvalue weighted by Gasteiger charge is 2.17. The maximum absolute atomic E-state index is 5.70. The smallest absolute Gasteiger partial charge is 0.161 e. The lowest BCUT2D eigenvalue weighted by molar-refractivity contribution is 0.171. The molecule has 3 nitrogen and oxygen atoms in total. The van der Waals surface area contributed by atoms with E-state index in [0.29, 0.717) is 13.2 Å². The van der Waals surface area contributed by atoms with Gasteiger partial charge < -0.3 is 14.8 Å². The van der Waals surface area contributed by atoms with Crippen LogP contribution in [0.25, 0.3) is 0 Å². The van der Waals surface area contributed by atoms with Crippen LogP contribution in [0.4, 0.5) is 0 Å². The summed E-state index contributed by atoms with van der Waals surface area (Å²) in [5, 5.41) is 3.55. The summed E-state index contributed by atoms with van der Waals surface area (Å²) < 4.78 is 11.3. The molecule has 1 aliphatic rings. The monoisotopic (exact) mass is 283 g/mol. The zero-order chi connectivity index (χ0) is 14.7. The topological polar surface area (TPSA) is 30.5 Å². The standard InChI is InChI=1S/C18H21NO2/c1-3-19-18(14-6-4-5-13(2)11-14)15-7-8-16-17(12-15)21-10-9-20-16/h4-8,11-12,18-19H,3,9-10H2,1-2H3. The summed E-state index contributed by atoms with van der Waals surface area (Å²) in [6.45, 7) is 6.40. The molecule has 1 unspecified atom stereocenters. The molecule has 110 valence electrons. The summed E-state index contributed by atoms with van der Waals surface area (Å²) in [6, 6.07) is 15.0. The summed E-state index contributed by atoms with van der Waals surface area (Å²) in [6.07, 6.45) is 0. The molecule has 1 aliphatic heterocycles. The van der Waals surface area contributed by atoms with Crippen LogP contribution in [0, 0.1) is 6.92 Å². The molecule has 0 aromatic heterocycles. The predicted octanol–water partition coefficient (Wildman–Crippen LogP) is 3.47. The first kappa shape index (κ1) is 14.0. The van der Waals surface area contributed by atoms with Crippen molar-refractivity contribution in [1.29, 1.82) is 0 Å². The average molecular weight is 283 g/mol. The van der Waals surface area contributed by atoms with Crippen LogP contribution in [-0.4, -0.2) is 19.8 Å². The minimum Gasteiger partial charge on any atom is -0.486 e. The Morgan fingerprint density at radius 3 is 2.52 bits per heavy atom. The first-order valence-electron chi connectivity index (χ1n) is 7.47. The molecule has 1 N–H and O–H groups in total. The SMILES string of the molecule is CCNC(c1cccc(C)c1)c1ccc2c(c1)OCCO2. The largest absolute Gasteiger partial charge is 0.486 e. The van der Waals surface area contributed by atoms with E-state index in [-0.39, 0.29) is 6.04 Å². The molecule has 0 radical (unpaired) electrons. The number of hydrogen-bond acceptors (Lipinski definition) is 3. The second-order valence-corrected chi connectivity index (χ2v) is 5.31. The van der Waals surface area contributed by atoms with Gasteiger partial charge in [0.15, 0.2) is 11.5 Å². The van der Waals surface area contributed by atoms with Crippen molar-refractivity contribution in [3.8, 4) is 11.5 Å². The Hall–Kier alpha value is -2.00. The minimum absolute atomic E-state index is 0.172. The Balaban J connectivity index is 1.97. The Kier molecular flexibility index (Phi) is 4.11. The number of rotatable bonds is 4. The van der Waals surface area contributed by atoms with Gasteiger partial charge in [-0.15, -0.1) is 0 Å². The van der Waals surface area contributed by atoms with Crippen LogP contribution in [-0.2, 0) is 0 Å². The van der Waals surface area contributed by atoms with Crippen molar-refractivity contribution >= 4 is 0 Å². The molecule has 0 saturated heterocycles. The number of hydrogen-bond donors (Lipinski definition) is 1. The van der Waals surface area contributed by atoms with E-state index in [1.54, 1.807) is 0 Å². The molecule has 1 heterocycles. The summed E-state index contributed by atoms with van der Waals surface area (Å²) in [4.78, 5) is 0. The van der Waals surface area contributed by atoms with Crippen LogP contribution in [0.15, 0.2) is 42.5 Å². The van der Waals surface area contributed by atoms with Crippen LogP contribution >= 0.6 is 0 Å². The Morgan fingerprint density at radius 2 is 1.76 bits per heavy atom. The first-order valence-corrected chi connectivity index (χ1v) is 7.47. The molecule has 0 fully saturated rings. The third-order valence-corrected chi connectivity index (χ3v) is 3.68. The second-order valence-electron chi connectivity index (χ2n) is 5.31. The lowest BCUT2D eigenvalue weighted by Crippen LogP contribution is -2.22. The van der Waals surface area contributed by atoms with Crippen molar-refractivity contribution in [2.24, 2.45) is 0 Å². The first-order chi connectivity index (χ1) is 10.3. The normalized spacial score (nSPS) is 14.8. The van der Waals surface area contributed by atoms with Crippen molar-refractivity contribution in [3.05, 3.63) is 59.2 Å². The molecule has 0 bridgehead atoms. The van der Waals surface area contributed by atoms with Gasteiger partial charge in [0.25, 0.3) is 0 Å². The van der Waals surface area contributed by atoms with E-state index >= 15 is 0 Å². The molecule has 0 amide bonds. The second kappa shape index (κ2) is 6.19. The van der Waals surface area contributed by atoms with Gasteiger partial charge in [-0.2, -0.15) is 0 Å². The van der Waals surface area contributed by atoms with Gasteiger partial charge in [0, 0.05) is 0 Å².